The molecule has 26 heavy (non-hydrogen) atoms. The van der Waals surface area contributed by atoms with E-state index in [9.17, 15) is 13.2 Å². The summed E-state index contributed by atoms with van der Waals surface area (Å²) in [6.45, 7) is 0. The molecule has 1 heterocycles. The molecule has 2 aromatic carbocycles. The minimum absolute atomic E-state index is 0.0272. The second kappa shape index (κ2) is 7.37. The van der Waals surface area contributed by atoms with E-state index in [1.807, 2.05) is 12.1 Å². The fourth-order valence-corrected chi connectivity index (χ4v) is 3.46. The number of pyridine rings is 1. The summed E-state index contributed by atoms with van der Waals surface area (Å²) >= 11 is 0. The van der Waals surface area contributed by atoms with Crippen molar-refractivity contribution in [2.75, 3.05) is 5.73 Å². The number of hydrogen-bond donors (Lipinski definition) is 2. The van der Waals surface area contributed by atoms with Gasteiger partial charge in [0, 0.05) is 30.1 Å². The number of carbonyl (C=O) groups is 1. The molecule has 0 saturated carbocycles. The first-order valence-electron chi connectivity index (χ1n) is 7.85. The van der Waals surface area contributed by atoms with Crippen LogP contribution in [0.1, 0.15) is 21.5 Å². The zero-order valence-electron chi connectivity index (χ0n) is 13.8. The molecular formula is C19H17N3O3S. The average Bonchev–Trinajstić information content (AvgIpc) is 2.65. The summed E-state index contributed by atoms with van der Waals surface area (Å²) < 4.78 is 26.7. The molecule has 0 unspecified atom stereocenters. The van der Waals surface area contributed by atoms with E-state index >= 15 is 0 Å². The Morgan fingerprint density at radius 2 is 1.81 bits per heavy atom. The highest BCUT2D eigenvalue weighted by atomic mass is 32.2. The van der Waals surface area contributed by atoms with Crippen LogP contribution in [0.3, 0.4) is 0 Å². The number of carbonyl (C=O) groups excluding carboxylic acids is 1. The van der Waals surface area contributed by atoms with Gasteiger partial charge in [-0.2, -0.15) is 0 Å². The predicted octanol–water partition coefficient (Wildman–Crippen LogP) is 2.37. The Morgan fingerprint density at radius 3 is 2.50 bits per heavy atom. The highest BCUT2D eigenvalue weighted by Crippen LogP contribution is 2.19. The van der Waals surface area contributed by atoms with Crippen LogP contribution in [0.25, 0.3) is 0 Å². The molecule has 6 nitrogen and oxygen atoms in total. The summed E-state index contributed by atoms with van der Waals surface area (Å²) in [6.07, 6.45) is 3.88. The number of hydrogen-bond acceptors (Lipinski definition) is 5. The minimum Gasteiger partial charge on any atom is -0.398 e. The summed E-state index contributed by atoms with van der Waals surface area (Å²) in [6, 6.07) is 16.1. The second-order valence-electron chi connectivity index (χ2n) is 5.70. The number of rotatable bonds is 5. The SMILES string of the molecule is Nc1ccc(C(=O)NS(=O)(=O)c2ccccc2)cc1Cc1cccnc1. The van der Waals surface area contributed by atoms with Crippen LogP contribution in [0.15, 0.2) is 78.0 Å². The summed E-state index contributed by atoms with van der Waals surface area (Å²) in [5.74, 6) is -0.707. The van der Waals surface area contributed by atoms with Crippen molar-refractivity contribution in [1.29, 1.82) is 0 Å². The molecule has 132 valence electrons. The lowest BCUT2D eigenvalue weighted by Gasteiger charge is -2.10. The van der Waals surface area contributed by atoms with E-state index in [1.54, 1.807) is 42.7 Å². The van der Waals surface area contributed by atoms with Crippen molar-refractivity contribution >= 4 is 21.6 Å². The van der Waals surface area contributed by atoms with E-state index in [4.69, 9.17) is 5.73 Å². The summed E-state index contributed by atoms with van der Waals surface area (Å²) in [5, 5.41) is 0. The van der Waals surface area contributed by atoms with Crippen LogP contribution in [0, 0.1) is 0 Å². The summed E-state index contributed by atoms with van der Waals surface area (Å²) in [4.78, 5) is 16.5. The molecule has 0 aliphatic heterocycles. The van der Waals surface area contributed by atoms with Gasteiger partial charge in [0.2, 0.25) is 0 Å². The molecule has 3 rings (SSSR count). The van der Waals surface area contributed by atoms with Crippen molar-refractivity contribution in [1.82, 2.24) is 9.71 Å². The first-order chi connectivity index (χ1) is 12.5. The normalized spacial score (nSPS) is 11.1. The third-order valence-corrected chi connectivity index (χ3v) is 5.15. The van der Waals surface area contributed by atoms with E-state index in [-0.39, 0.29) is 10.5 Å². The summed E-state index contributed by atoms with van der Waals surface area (Å²) in [5.41, 5.74) is 8.39. The van der Waals surface area contributed by atoms with Gasteiger partial charge in [0.25, 0.3) is 15.9 Å². The van der Waals surface area contributed by atoms with E-state index in [0.29, 0.717) is 12.1 Å². The van der Waals surface area contributed by atoms with Crippen molar-refractivity contribution in [2.45, 2.75) is 11.3 Å². The molecule has 0 aliphatic carbocycles. The lowest BCUT2D eigenvalue weighted by molar-refractivity contribution is 0.0981. The van der Waals surface area contributed by atoms with Crippen molar-refractivity contribution in [3.8, 4) is 0 Å². The van der Waals surface area contributed by atoms with Gasteiger partial charge in [0.15, 0.2) is 0 Å². The standard InChI is InChI=1S/C19H17N3O3S/c20-18-9-8-15(12-16(18)11-14-5-4-10-21-13-14)19(23)22-26(24,25)17-6-2-1-3-7-17/h1-10,12-13H,11,20H2,(H,22,23). The van der Waals surface area contributed by atoms with Crippen molar-refractivity contribution in [3.05, 3.63) is 89.7 Å². The van der Waals surface area contributed by atoms with Gasteiger partial charge < -0.3 is 5.73 Å². The van der Waals surface area contributed by atoms with Gasteiger partial charge >= 0.3 is 0 Å². The number of nitrogens with two attached hydrogens (primary N) is 1. The number of sulfonamides is 1. The minimum atomic E-state index is -3.93. The van der Waals surface area contributed by atoms with Gasteiger partial charge in [0.05, 0.1) is 4.90 Å². The van der Waals surface area contributed by atoms with Crippen LogP contribution >= 0.6 is 0 Å². The Labute approximate surface area is 151 Å². The molecule has 1 amide bonds. The third kappa shape index (κ3) is 4.07. The Kier molecular flexibility index (Phi) is 4.99. The molecule has 0 bridgehead atoms. The largest absolute Gasteiger partial charge is 0.398 e. The molecule has 0 radical (unpaired) electrons. The smallest absolute Gasteiger partial charge is 0.265 e. The average molecular weight is 367 g/mol. The Bertz CT molecular complexity index is 1020. The van der Waals surface area contributed by atoms with Gasteiger partial charge in [0.1, 0.15) is 0 Å². The highest BCUT2D eigenvalue weighted by Gasteiger charge is 2.19. The van der Waals surface area contributed by atoms with Gasteiger partial charge in [-0.25, -0.2) is 13.1 Å². The number of aromatic nitrogens is 1. The Balaban J connectivity index is 1.83. The molecule has 0 atom stereocenters. The van der Waals surface area contributed by atoms with E-state index < -0.39 is 15.9 Å². The number of nitrogens with one attached hydrogen (secondary N) is 1. The zero-order valence-corrected chi connectivity index (χ0v) is 14.6. The van der Waals surface area contributed by atoms with Crippen LogP contribution in [0.2, 0.25) is 0 Å². The fourth-order valence-electron chi connectivity index (χ4n) is 2.46. The second-order valence-corrected chi connectivity index (χ2v) is 7.38. The topological polar surface area (TPSA) is 102 Å². The molecule has 0 saturated heterocycles. The Morgan fingerprint density at radius 1 is 1.04 bits per heavy atom. The van der Waals surface area contributed by atoms with Crippen molar-refractivity contribution in [2.24, 2.45) is 0 Å². The van der Waals surface area contributed by atoms with Gasteiger partial charge in [-0.15, -0.1) is 0 Å². The van der Waals surface area contributed by atoms with Crippen molar-refractivity contribution in [3.63, 3.8) is 0 Å². The maximum Gasteiger partial charge on any atom is 0.265 e. The van der Waals surface area contributed by atoms with Crippen LogP contribution in [-0.2, 0) is 16.4 Å². The molecule has 3 aromatic rings. The number of anilines is 1. The molecule has 3 N–H and O–H groups in total. The molecule has 1 aromatic heterocycles. The number of nitrogens with zero attached hydrogens (tertiary/aromatic N) is 1. The van der Waals surface area contributed by atoms with Gasteiger partial charge in [-0.05, 0) is 47.5 Å². The maximum absolute atomic E-state index is 12.4. The van der Waals surface area contributed by atoms with Crippen LogP contribution in [0.5, 0.6) is 0 Å². The monoisotopic (exact) mass is 367 g/mol. The molecular weight excluding hydrogens is 350 g/mol. The fraction of sp³-hybridized carbons (Fsp3) is 0.0526. The first kappa shape index (κ1) is 17.6. The molecule has 0 spiro atoms. The Hall–Kier alpha value is -3.19. The third-order valence-electron chi connectivity index (χ3n) is 3.80. The zero-order chi connectivity index (χ0) is 18.6. The number of benzene rings is 2. The lowest BCUT2D eigenvalue weighted by atomic mass is 10.0. The quantitative estimate of drug-likeness (QED) is 0.674. The van der Waals surface area contributed by atoms with Crippen LogP contribution in [-0.4, -0.2) is 19.3 Å². The summed E-state index contributed by atoms with van der Waals surface area (Å²) in [7, 11) is -3.93. The van der Waals surface area contributed by atoms with Gasteiger partial charge in [-0.1, -0.05) is 24.3 Å². The van der Waals surface area contributed by atoms with Crippen molar-refractivity contribution < 1.29 is 13.2 Å². The van der Waals surface area contributed by atoms with Gasteiger partial charge in [-0.3, -0.25) is 9.78 Å². The molecule has 0 aliphatic rings. The predicted molar refractivity (Wildman–Crippen MR) is 99.0 cm³/mol. The highest BCUT2D eigenvalue weighted by molar-refractivity contribution is 7.90. The number of nitrogen functional groups attached to an aromatic ring is 1. The van der Waals surface area contributed by atoms with Crippen LogP contribution < -0.4 is 10.5 Å². The number of amides is 1. The molecule has 7 heteroatoms. The molecule has 0 fully saturated rings. The van der Waals surface area contributed by atoms with E-state index in [0.717, 1.165) is 11.1 Å². The first-order valence-corrected chi connectivity index (χ1v) is 9.33. The van der Waals surface area contributed by atoms with E-state index in [2.05, 4.69) is 9.71 Å². The van der Waals surface area contributed by atoms with Crippen LogP contribution in [0.4, 0.5) is 5.69 Å². The lowest BCUT2D eigenvalue weighted by Crippen LogP contribution is -2.30. The maximum atomic E-state index is 12.4. The van der Waals surface area contributed by atoms with E-state index in [1.165, 1.54) is 18.2 Å².